The fourth-order valence-electron chi connectivity index (χ4n) is 2.43. The van der Waals surface area contributed by atoms with Crippen LogP contribution in [-0.2, 0) is 16.3 Å². The Balaban J connectivity index is 2.17. The van der Waals surface area contributed by atoms with Crippen molar-refractivity contribution in [1.29, 1.82) is 0 Å². The Morgan fingerprint density at radius 1 is 1.14 bits per heavy atom. The first-order chi connectivity index (χ1) is 9.95. The minimum atomic E-state index is -2.83. The Bertz CT molecular complexity index is 587. The molecule has 0 atom stereocenters. The van der Waals surface area contributed by atoms with E-state index >= 15 is 0 Å². The third-order valence-electron chi connectivity index (χ3n) is 3.75. The molecule has 0 aliphatic carbocycles. The van der Waals surface area contributed by atoms with Gasteiger partial charge in [0.25, 0.3) is 0 Å². The molecule has 7 heteroatoms. The third kappa shape index (κ3) is 4.06. The number of sulfone groups is 1. The number of nitrogens with zero attached hydrogens (tertiary/aromatic N) is 2. The summed E-state index contributed by atoms with van der Waals surface area (Å²) in [4.78, 5) is 9.05. The second-order valence-electron chi connectivity index (χ2n) is 5.42. The molecule has 0 aromatic carbocycles. The van der Waals surface area contributed by atoms with Gasteiger partial charge in [0.1, 0.15) is 27.3 Å². The molecule has 0 unspecified atom stereocenters. The molecule has 2 N–H and O–H groups in total. The van der Waals surface area contributed by atoms with Gasteiger partial charge in [-0.2, -0.15) is 0 Å². The van der Waals surface area contributed by atoms with E-state index in [2.05, 4.69) is 20.6 Å². The van der Waals surface area contributed by atoms with Crippen LogP contribution in [0.25, 0.3) is 0 Å². The van der Waals surface area contributed by atoms with E-state index in [4.69, 9.17) is 0 Å². The van der Waals surface area contributed by atoms with Crippen molar-refractivity contribution in [3.63, 3.8) is 0 Å². The topological polar surface area (TPSA) is 84.0 Å². The van der Waals surface area contributed by atoms with E-state index in [9.17, 15) is 8.42 Å². The molecule has 0 spiro atoms. The van der Waals surface area contributed by atoms with Gasteiger partial charge in [0, 0.05) is 24.6 Å². The maximum atomic E-state index is 11.5. The SMILES string of the molecule is CCNc1nc(CC)nc(NC2CCS(=O)(=O)CC2)c1C. The number of anilines is 2. The molecule has 1 saturated heterocycles. The summed E-state index contributed by atoms with van der Waals surface area (Å²) >= 11 is 0. The number of nitrogens with one attached hydrogen (secondary N) is 2. The highest BCUT2D eigenvalue weighted by Gasteiger charge is 2.24. The van der Waals surface area contributed by atoms with Crippen LogP contribution >= 0.6 is 0 Å². The molecule has 0 amide bonds. The van der Waals surface area contributed by atoms with Crippen LogP contribution in [0, 0.1) is 6.92 Å². The van der Waals surface area contributed by atoms with Gasteiger partial charge in [-0.25, -0.2) is 18.4 Å². The molecule has 2 heterocycles. The Morgan fingerprint density at radius 2 is 1.76 bits per heavy atom. The summed E-state index contributed by atoms with van der Waals surface area (Å²) in [6, 6.07) is 0.168. The van der Waals surface area contributed by atoms with Gasteiger partial charge in [0.2, 0.25) is 0 Å². The fourth-order valence-corrected chi connectivity index (χ4v) is 3.92. The fraction of sp³-hybridized carbons (Fsp3) is 0.714. The normalized spacial score (nSPS) is 18.4. The Labute approximate surface area is 126 Å². The van der Waals surface area contributed by atoms with Crippen LogP contribution in [0.3, 0.4) is 0 Å². The highest BCUT2D eigenvalue weighted by molar-refractivity contribution is 7.91. The third-order valence-corrected chi connectivity index (χ3v) is 5.46. The van der Waals surface area contributed by atoms with Gasteiger partial charge in [-0.1, -0.05) is 6.92 Å². The summed E-state index contributed by atoms with van der Waals surface area (Å²) in [7, 11) is -2.83. The van der Waals surface area contributed by atoms with E-state index in [1.54, 1.807) is 0 Å². The molecule has 0 radical (unpaired) electrons. The van der Waals surface area contributed by atoms with Crippen molar-refractivity contribution in [1.82, 2.24) is 9.97 Å². The van der Waals surface area contributed by atoms with Crippen LogP contribution in [0.1, 0.15) is 38.1 Å². The summed E-state index contributed by atoms with van der Waals surface area (Å²) in [5, 5.41) is 6.66. The van der Waals surface area contributed by atoms with E-state index in [0.29, 0.717) is 12.8 Å². The predicted octanol–water partition coefficient (Wildman–Crippen LogP) is 1.77. The summed E-state index contributed by atoms with van der Waals surface area (Å²) in [6.07, 6.45) is 2.06. The molecule has 6 nitrogen and oxygen atoms in total. The average molecular weight is 312 g/mol. The van der Waals surface area contributed by atoms with Crippen molar-refractivity contribution in [3.05, 3.63) is 11.4 Å². The molecule has 0 saturated carbocycles. The lowest BCUT2D eigenvalue weighted by molar-refractivity contribution is 0.558. The van der Waals surface area contributed by atoms with Gasteiger partial charge in [0.15, 0.2) is 0 Å². The minimum absolute atomic E-state index is 0.168. The molecular weight excluding hydrogens is 288 g/mol. The van der Waals surface area contributed by atoms with Gasteiger partial charge >= 0.3 is 0 Å². The highest BCUT2D eigenvalue weighted by atomic mass is 32.2. The van der Waals surface area contributed by atoms with Crippen molar-refractivity contribution in [2.24, 2.45) is 0 Å². The molecule has 2 rings (SSSR count). The van der Waals surface area contributed by atoms with E-state index in [1.165, 1.54) is 0 Å². The monoisotopic (exact) mass is 312 g/mol. The number of hydrogen-bond donors (Lipinski definition) is 2. The molecule has 1 aliphatic rings. The smallest absolute Gasteiger partial charge is 0.150 e. The summed E-state index contributed by atoms with van der Waals surface area (Å²) in [5.41, 5.74) is 0.988. The lowest BCUT2D eigenvalue weighted by Gasteiger charge is -2.25. The molecule has 1 aromatic heterocycles. The van der Waals surface area contributed by atoms with Crippen LogP contribution in [0.2, 0.25) is 0 Å². The molecule has 0 bridgehead atoms. The van der Waals surface area contributed by atoms with Crippen LogP contribution < -0.4 is 10.6 Å². The summed E-state index contributed by atoms with van der Waals surface area (Å²) in [6.45, 7) is 6.85. The largest absolute Gasteiger partial charge is 0.370 e. The molecule has 1 fully saturated rings. The van der Waals surface area contributed by atoms with Crippen molar-refractivity contribution in [3.8, 4) is 0 Å². The van der Waals surface area contributed by atoms with Gasteiger partial charge in [-0.3, -0.25) is 0 Å². The van der Waals surface area contributed by atoms with E-state index in [-0.39, 0.29) is 17.5 Å². The number of aryl methyl sites for hydroxylation is 1. The first kappa shape index (κ1) is 16.0. The van der Waals surface area contributed by atoms with Gasteiger partial charge in [-0.05, 0) is 26.7 Å². The van der Waals surface area contributed by atoms with Crippen molar-refractivity contribution in [2.75, 3.05) is 28.7 Å². The number of hydrogen-bond acceptors (Lipinski definition) is 6. The van der Waals surface area contributed by atoms with Crippen LogP contribution in [0.4, 0.5) is 11.6 Å². The summed E-state index contributed by atoms with van der Waals surface area (Å²) in [5.74, 6) is 2.99. The van der Waals surface area contributed by atoms with Gasteiger partial charge in [-0.15, -0.1) is 0 Å². The lowest BCUT2D eigenvalue weighted by atomic mass is 10.1. The van der Waals surface area contributed by atoms with Gasteiger partial charge in [0.05, 0.1) is 11.5 Å². The predicted molar refractivity (Wildman–Crippen MR) is 85.6 cm³/mol. The Hall–Kier alpha value is -1.37. The first-order valence-electron chi connectivity index (χ1n) is 7.53. The van der Waals surface area contributed by atoms with E-state index < -0.39 is 9.84 Å². The van der Waals surface area contributed by atoms with Crippen molar-refractivity contribution >= 4 is 21.5 Å². The van der Waals surface area contributed by atoms with Crippen LogP contribution in [0.15, 0.2) is 0 Å². The van der Waals surface area contributed by atoms with Gasteiger partial charge < -0.3 is 10.6 Å². The maximum Gasteiger partial charge on any atom is 0.150 e. The summed E-state index contributed by atoms with van der Waals surface area (Å²) < 4.78 is 23.0. The highest BCUT2D eigenvalue weighted by Crippen LogP contribution is 2.23. The molecule has 21 heavy (non-hydrogen) atoms. The number of rotatable bonds is 5. The van der Waals surface area contributed by atoms with E-state index in [1.807, 2.05) is 20.8 Å². The Kier molecular flexibility index (Phi) is 5.03. The zero-order chi connectivity index (χ0) is 15.5. The first-order valence-corrected chi connectivity index (χ1v) is 9.35. The van der Waals surface area contributed by atoms with Crippen molar-refractivity contribution < 1.29 is 8.42 Å². The maximum absolute atomic E-state index is 11.5. The van der Waals surface area contributed by atoms with E-state index in [0.717, 1.165) is 36.0 Å². The lowest BCUT2D eigenvalue weighted by Crippen LogP contribution is -2.32. The van der Waals surface area contributed by atoms with Crippen LogP contribution in [-0.4, -0.2) is 42.5 Å². The van der Waals surface area contributed by atoms with Crippen molar-refractivity contribution in [2.45, 2.75) is 46.1 Å². The second kappa shape index (κ2) is 6.60. The average Bonchev–Trinajstić information content (AvgIpc) is 2.45. The minimum Gasteiger partial charge on any atom is -0.370 e. The standard InChI is InChI=1S/C14H24N4O2S/c1-4-12-17-13(15-5-2)10(3)14(18-12)16-11-6-8-21(19,20)9-7-11/h11H,4-9H2,1-3H3,(H2,15,16,17,18). The zero-order valence-electron chi connectivity index (χ0n) is 12.9. The molecular formula is C14H24N4O2S. The molecule has 1 aromatic rings. The van der Waals surface area contributed by atoms with Crippen LogP contribution in [0.5, 0.6) is 0 Å². The quantitative estimate of drug-likeness (QED) is 0.862. The second-order valence-corrected chi connectivity index (χ2v) is 7.72. The Morgan fingerprint density at radius 3 is 2.33 bits per heavy atom. The molecule has 1 aliphatic heterocycles. The number of aromatic nitrogens is 2. The zero-order valence-corrected chi connectivity index (χ0v) is 13.8. The molecule has 118 valence electrons.